The van der Waals surface area contributed by atoms with Gasteiger partial charge in [-0.2, -0.15) is 0 Å². The number of hydrogen-bond donors (Lipinski definition) is 2. The largest absolute Gasteiger partial charge is 0.476 e. The van der Waals surface area contributed by atoms with E-state index in [1.165, 1.54) is 11.3 Å². The van der Waals surface area contributed by atoms with Crippen LogP contribution in [0.15, 0.2) is 24.3 Å². The number of likely N-dealkylation sites (N-methyl/N-ethyl adjacent to an activating group) is 1. The second kappa shape index (κ2) is 6.80. The van der Waals surface area contributed by atoms with Gasteiger partial charge in [0.2, 0.25) is 0 Å². The second-order valence-corrected chi connectivity index (χ2v) is 5.96. The van der Waals surface area contributed by atoms with E-state index >= 15 is 0 Å². The zero-order valence-electron chi connectivity index (χ0n) is 12.0. The van der Waals surface area contributed by atoms with Gasteiger partial charge in [0.1, 0.15) is 5.01 Å². The van der Waals surface area contributed by atoms with Crippen LogP contribution in [-0.2, 0) is 6.54 Å². The van der Waals surface area contributed by atoms with Crippen LogP contribution in [0.1, 0.15) is 20.9 Å². The van der Waals surface area contributed by atoms with E-state index in [-0.39, 0.29) is 12.3 Å². The molecule has 0 aliphatic rings. The molecule has 21 heavy (non-hydrogen) atoms. The monoisotopic (exact) mass is 306 g/mol. The molecule has 0 spiro atoms. The van der Waals surface area contributed by atoms with Gasteiger partial charge in [0, 0.05) is 18.7 Å². The molecule has 0 aliphatic carbocycles. The van der Waals surface area contributed by atoms with E-state index in [0.29, 0.717) is 18.0 Å². The van der Waals surface area contributed by atoms with Gasteiger partial charge in [0.15, 0.2) is 5.69 Å². The molecular weight excluding hydrogens is 288 g/mol. The number of carbonyl (C=O) groups is 1. The number of aliphatic hydroxyl groups excluding tert-OH is 1. The van der Waals surface area contributed by atoms with Gasteiger partial charge in [-0.25, -0.2) is 9.78 Å². The first-order chi connectivity index (χ1) is 10.0. The summed E-state index contributed by atoms with van der Waals surface area (Å²) in [7, 11) is 1.84. The average Bonchev–Trinajstić information content (AvgIpc) is 2.83. The summed E-state index contributed by atoms with van der Waals surface area (Å²) in [5.41, 5.74) is 2.13. The molecular formula is C15H18N2O3S. The van der Waals surface area contributed by atoms with Gasteiger partial charge in [-0.3, -0.25) is 4.90 Å². The molecule has 1 aromatic carbocycles. The minimum atomic E-state index is -1.02. The number of carboxylic acid groups (broad SMARTS) is 1. The van der Waals surface area contributed by atoms with E-state index in [4.69, 9.17) is 5.11 Å². The molecule has 0 saturated heterocycles. The van der Waals surface area contributed by atoms with Crippen molar-refractivity contribution >= 4 is 17.3 Å². The van der Waals surface area contributed by atoms with Gasteiger partial charge in [-0.1, -0.05) is 24.3 Å². The lowest BCUT2D eigenvalue weighted by Crippen LogP contribution is -2.22. The summed E-state index contributed by atoms with van der Waals surface area (Å²) in [4.78, 5) is 18.2. The number of hydrogen-bond acceptors (Lipinski definition) is 5. The first-order valence-electron chi connectivity index (χ1n) is 6.61. The quantitative estimate of drug-likeness (QED) is 0.856. The number of aliphatic hydroxyl groups is 1. The zero-order valence-corrected chi connectivity index (χ0v) is 12.9. The number of thiazole rings is 1. The molecule has 0 atom stereocenters. The van der Waals surface area contributed by atoms with E-state index in [1.54, 1.807) is 0 Å². The van der Waals surface area contributed by atoms with Crippen molar-refractivity contribution in [1.82, 2.24) is 9.88 Å². The molecule has 0 aliphatic heterocycles. The molecule has 6 heteroatoms. The first-order valence-corrected chi connectivity index (χ1v) is 7.43. The smallest absolute Gasteiger partial charge is 0.355 e. The van der Waals surface area contributed by atoms with Crippen LogP contribution in [0.3, 0.4) is 0 Å². The van der Waals surface area contributed by atoms with Gasteiger partial charge in [-0.15, -0.1) is 11.3 Å². The minimum Gasteiger partial charge on any atom is -0.476 e. The molecule has 1 heterocycles. The molecule has 2 N–H and O–H groups in total. The summed E-state index contributed by atoms with van der Waals surface area (Å²) in [5, 5.41) is 19.0. The number of nitrogens with zero attached hydrogens (tertiary/aromatic N) is 2. The summed E-state index contributed by atoms with van der Waals surface area (Å²) in [6, 6.07) is 7.79. The van der Waals surface area contributed by atoms with Crippen molar-refractivity contribution < 1.29 is 15.0 Å². The number of carboxylic acids is 1. The van der Waals surface area contributed by atoms with Crippen LogP contribution in [0, 0.1) is 6.92 Å². The van der Waals surface area contributed by atoms with Crippen LogP contribution in [-0.4, -0.2) is 46.3 Å². The topological polar surface area (TPSA) is 73.7 Å². The second-order valence-electron chi connectivity index (χ2n) is 4.87. The van der Waals surface area contributed by atoms with Gasteiger partial charge in [-0.05, 0) is 19.5 Å². The standard InChI is InChI=1S/C15H18N2O3S/c1-10-5-3-4-6-11(10)14-16-13(15(19)20)12(21-14)9-17(2)7-8-18/h3-6,18H,7-9H2,1-2H3,(H,19,20). The molecule has 1 aromatic heterocycles. The van der Waals surface area contributed by atoms with Crippen molar-refractivity contribution in [2.24, 2.45) is 0 Å². The molecule has 5 nitrogen and oxygen atoms in total. The van der Waals surface area contributed by atoms with Crippen molar-refractivity contribution in [3.63, 3.8) is 0 Å². The molecule has 0 saturated carbocycles. The van der Waals surface area contributed by atoms with Gasteiger partial charge in [0.05, 0.1) is 11.5 Å². The summed E-state index contributed by atoms with van der Waals surface area (Å²) in [6.07, 6.45) is 0. The van der Waals surface area contributed by atoms with Crippen LogP contribution < -0.4 is 0 Å². The third-order valence-electron chi connectivity index (χ3n) is 3.17. The summed E-state index contributed by atoms with van der Waals surface area (Å²) in [5.74, 6) is -1.02. The maximum atomic E-state index is 11.4. The van der Waals surface area contributed by atoms with E-state index in [1.807, 2.05) is 43.1 Å². The molecule has 2 aromatic rings. The number of aryl methyl sites for hydroxylation is 1. The maximum Gasteiger partial charge on any atom is 0.355 e. The fraction of sp³-hybridized carbons (Fsp3) is 0.333. The van der Waals surface area contributed by atoms with Crippen LogP contribution >= 0.6 is 11.3 Å². The Morgan fingerprint density at radius 2 is 2.10 bits per heavy atom. The molecule has 0 bridgehead atoms. The SMILES string of the molecule is Cc1ccccc1-c1nc(C(=O)O)c(CN(C)CCO)s1. The minimum absolute atomic E-state index is 0.0440. The third-order valence-corrected chi connectivity index (χ3v) is 4.24. The van der Waals surface area contributed by atoms with Gasteiger partial charge < -0.3 is 10.2 Å². The number of aromatic nitrogens is 1. The Hall–Kier alpha value is -1.76. The van der Waals surface area contributed by atoms with Crippen molar-refractivity contribution in [3.8, 4) is 10.6 Å². The average molecular weight is 306 g/mol. The Kier molecular flexibility index (Phi) is 5.06. The highest BCUT2D eigenvalue weighted by atomic mass is 32.1. The highest BCUT2D eigenvalue weighted by Gasteiger charge is 2.19. The van der Waals surface area contributed by atoms with Crippen LogP contribution in [0.5, 0.6) is 0 Å². The first kappa shape index (κ1) is 15.6. The predicted octanol–water partition coefficient (Wildman–Crippen LogP) is 2.24. The zero-order chi connectivity index (χ0) is 15.4. The summed E-state index contributed by atoms with van der Waals surface area (Å²) >= 11 is 1.39. The predicted molar refractivity (Wildman–Crippen MR) is 82.7 cm³/mol. The lowest BCUT2D eigenvalue weighted by Gasteiger charge is -2.13. The molecule has 2 rings (SSSR count). The molecule has 0 unspecified atom stereocenters. The van der Waals surface area contributed by atoms with E-state index in [9.17, 15) is 9.90 Å². The fourth-order valence-corrected chi connectivity index (χ4v) is 3.27. The summed E-state index contributed by atoms with van der Waals surface area (Å²) < 4.78 is 0. The number of benzene rings is 1. The lowest BCUT2D eigenvalue weighted by molar-refractivity contribution is 0.0689. The lowest BCUT2D eigenvalue weighted by atomic mass is 10.1. The highest BCUT2D eigenvalue weighted by molar-refractivity contribution is 7.15. The van der Waals surface area contributed by atoms with Crippen molar-refractivity contribution in [2.75, 3.05) is 20.2 Å². The van der Waals surface area contributed by atoms with Gasteiger partial charge in [0.25, 0.3) is 0 Å². The van der Waals surface area contributed by atoms with Gasteiger partial charge >= 0.3 is 5.97 Å². The Morgan fingerprint density at radius 1 is 1.38 bits per heavy atom. The summed E-state index contributed by atoms with van der Waals surface area (Å²) in [6.45, 7) is 2.99. The molecule has 0 fully saturated rings. The fourth-order valence-electron chi connectivity index (χ4n) is 2.05. The normalized spacial score (nSPS) is 11.0. The third kappa shape index (κ3) is 3.66. The van der Waals surface area contributed by atoms with E-state index in [2.05, 4.69) is 4.98 Å². The van der Waals surface area contributed by atoms with Crippen LogP contribution in [0.2, 0.25) is 0 Å². The number of rotatable bonds is 6. The molecule has 0 amide bonds. The molecule has 112 valence electrons. The van der Waals surface area contributed by atoms with E-state index in [0.717, 1.165) is 16.1 Å². The Bertz CT molecular complexity index is 640. The Morgan fingerprint density at radius 3 is 2.71 bits per heavy atom. The van der Waals surface area contributed by atoms with Crippen LogP contribution in [0.4, 0.5) is 0 Å². The van der Waals surface area contributed by atoms with Crippen molar-refractivity contribution in [1.29, 1.82) is 0 Å². The molecule has 0 radical (unpaired) electrons. The Labute approximate surface area is 127 Å². The van der Waals surface area contributed by atoms with Crippen LogP contribution in [0.25, 0.3) is 10.6 Å². The number of aromatic carboxylic acids is 1. The van der Waals surface area contributed by atoms with Crippen molar-refractivity contribution in [3.05, 3.63) is 40.4 Å². The van der Waals surface area contributed by atoms with Crippen molar-refractivity contribution in [2.45, 2.75) is 13.5 Å². The maximum absolute atomic E-state index is 11.4. The highest BCUT2D eigenvalue weighted by Crippen LogP contribution is 2.31. The Balaban J connectivity index is 2.38. The van der Waals surface area contributed by atoms with E-state index < -0.39 is 5.97 Å².